The minimum atomic E-state index is -0.871. The Morgan fingerprint density at radius 2 is 1.76 bits per heavy atom. The third kappa shape index (κ3) is 2.27. The zero-order valence-corrected chi connectivity index (χ0v) is 12.7. The van der Waals surface area contributed by atoms with E-state index in [9.17, 15) is 9.32 Å². The topological polar surface area (TPSA) is 55.8 Å². The van der Waals surface area contributed by atoms with Gasteiger partial charge in [0.2, 0.25) is 0 Å². The monoisotopic (exact) mass is 308 g/mol. The number of ether oxygens (including phenoxy) is 2. The predicted molar refractivity (Wildman–Crippen MR) is 80.1 cm³/mol. The van der Waals surface area contributed by atoms with E-state index in [0.717, 1.165) is 36.3 Å². The van der Waals surface area contributed by atoms with Crippen LogP contribution in [0.1, 0.15) is 37.7 Å². The van der Waals surface area contributed by atoms with Crippen molar-refractivity contribution in [1.82, 2.24) is 0 Å². The van der Waals surface area contributed by atoms with Gasteiger partial charge in [-0.25, -0.2) is 0 Å². The fourth-order valence-electron chi connectivity index (χ4n) is 3.77. The molecule has 1 N–H and O–H groups in total. The van der Waals surface area contributed by atoms with Crippen molar-refractivity contribution in [3.8, 4) is 11.5 Å². The van der Waals surface area contributed by atoms with Gasteiger partial charge in [-0.2, -0.15) is 0 Å². The molecule has 3 aliphatic rings. The Labute approximate surface area is 126 Å². The molecule has 0 aliphatic carbocycles. The van der Waals surface area contributed by atoms with Crippen molar-refractivity contribution >= 4 is 10.8 Å². The molecule has 1 aromatic carbocycles. The number of aliphatic hydroxyl groups is 1. The first kappa shape index (κ1) is 13.6. The molecule has 0 spiro atoms. The van der Waals surface area contributed by atoms with Crippen LogP contribution >= 0.6 is 0 Å². The van der Waals surface area contributed by atoms with E-state index in [-0.39, 0.29) is 10.5 Å². The van der Waals surface area contributed by atoms with Crippen LogP contribution in [0.5, 0.6) is 11.5 Å². The van der Waals surface area contributed by atoms with E-state index in [1.54, 1.807) is 0 Å². The van der Waals surface area contributed by atoms with Crippen molar-refractivity contribution in [3.05, 3.63) is 23.8 Å². The van der Waals surface area contributed by atoms with Crippen molar-refractivity contribution in [2.75, 3.05) is 13.2 Å². The molecule has 3 aliphatic heterocycles. The minimum absolute atomic E-state index is 0.143. The lowest BCUT2D eigenvalue weighted by molar-refractivity contribution is 0.0182. The third-order valence-corrected chi connectivity index (χ3v) is 7.00. The summed E-state index contributed by atoms with van der Waals surface area (Å²) in [4.78, 5) is 0. The van der Waals surface area contributed by atoms with Crippen molar-refractivity contribution < 1.29 is 18.8 Å². The zero-order chi connectivity index (χ0) is 14.4. The summed E-state index contributed by atoms with van der Waals surface area (Å²) in [6.45, 7) is 1.31. The second-order valence-electron chi connectivity index (χ2n) is 6.30. The molecule has 2 unspecified atom stereocenters. The second kappa shape index (κ2) is 4.99. The summed E-state index contributed by atoms with van der Waals surface area (Å²) in [6.07, 6.45) is 4.01. The summed E-state index contributed by atoms with van der Waals surface area (Å²) in [5, 5.41) is 11.4. The van der Waals surface area contributed by atoms with Crippen LogP contribution in [0, 0.1) is 0 Å². The maximum absolute atomic E-state index is 12.1. The number of hydrogen-bond acceptors (Lipinski definition) is 4. The molecule has 21 heavy (non-hydrogen) atoms. The molecule has 2 bridgehead atoms. The first-order chi connectivity index (χ1) is 10.2. The van der Waals surface area contributed by atoms with Gasteiger partial charge in [0.15, 0.2) is 11.5 Å². The van der Waals surface area contributed by atoms with E-state index in [4.69, 9.17) is 9.47 Å². The van der Waals surface area contributed by atoms with Gasteiger partial charge >= 0.3 is 0 Å². The summed E-state index contributed by atoms with van der Waals surface area (Å²) < 4.78 is 23.5. The van der Waals surface area contributed by atoms with Gasteiger partial charge in [-0.1, -0.05) is 6.07 Å². The Balaban J connectivity index is 1.67. The van der Waals surface area contributed by atoms with Crippen molar-refractivity contribution in [2.24, 2.45) is 0 Å². The van der Waals surface area contributed by atoms with E-state index in [0.29, 0.717) is 26.1 Å². The maximum atomic E-state index is 12.1. The van der Waals surface area contributed by atoms with Gasteiger partial charge in [0.05, 0.1) is 18.8 Å². The van der Waals surface area contributed by atoms with Gasteiger partial charge in [0.25, 0.3) is 0 Å². The number of rotatable bonds is 1. The Hall–Kier alpha value is -1.07. The second-order valence-corrected chi connectivity index (χ2v) is 8.29. The molecule has 4 nitrogen and oxygen atoms in total. The Morgan fingerprint density at radius 1 is 1.10 bits per heavy atom. The fourth-order valence-corrected chi connectivity index (χ4v) is 5.93. The van der Waals surface area contributed by atoms with Gasteiger partial charge in [0.1, 0.15) is 0 Å². The lowest BCUT2D eigenvalue weighted by Crippen LogP contribution is -2.40. The largest absolute Gasteiger partial charge is 0.490 e. The summed E-state index contributed by atoms with van der Waals surface area (Å²) in [7, 11) is -0.760. The van der Waals surface area contributed by atoms with E-state index >= 15 is 0 Å². The molecule has 2 saturated heterocycles. The standard InChI is InChI=1S/C16H20O4S/c17-16(9-12-3-4-13(10-16)21(12)18)11-2-5-14-15(8-11)20-7-1-6-19-14/h2,5,8,12-13,17H,1,3-4,6-7,9-10H2. The molecule has 3 heterocycles. The van der Waals surface area contributed by atoms with Gasteiger partial charge in [-0.3, -0.25) is 4.21 Å². The molecule has 5 heteroatoms. The molecule has 0 amide bonds. The van der Waals surface area contributed by atoms with E-state index in [1.165, 1.54) is 0 Å². The highest BCUT2D eigenvalue weighted by Crippen LogP contribution is 2.47. The normalized spacial score (nSPS) is 38.0. The highest BCUT2D eigenvalue weighted by atomic mass is 32.2. The first-order valence-electron chi connectivity index (χ1n) is 7.68. The van der Waals surface area contributed by atoms with Crippen LogP contribution in [0.3, 0.4) is 0 Å². The Bertz CT molecular complexity index is 570. The summed E-state index contributed by atoms with van der Waals surface area (Å²) >= 11 is 0. The van der Waals surface area contributed by atoms with Crippen molar-refractivity contribution in [3.63, 3.8) is 0 Å². The first-order valence-corrected chi connectivity index (χ1v) is 8.95. The van der Waals surface area contributed by atoms with Crippen LogP contribution in [0.4, 0.5) is 0 Å². The third-order valence-electron chi connectivity index (χ3n) is 4.88. The summed E-state index contributed by atoms with van der Waals surface area (Å²) in [5.41, 5.74) is 0.00473. The molecule has 2 atom stereocenters. The molecule has 1 aromatic rings. The maximum Gasteiger partial charge on any atom is 0.161 e. The smallest absolute Gasteiger partial charge is 0.161 e. The predicted octanol–water partition coefficient (Wildman–Crippen LogP) is 2.11. The lowest BCUT2D eigenvalue weighted by Gasteiger charge is -2.36. The van der Waals surface area contributed by atoms with E-state index < -0.39 is 16.4 Å². The highest BCUT2D eigenvalue weighted by molar-refractivity contribution is 7.86. The van der Waals surface area contributed by atoms with Gasteiger partial charge in [-0.05, 0) is 43.4 Å². The van der Waals surface area contributed by atoms with Crippen molar-refractivity contribution in [1.29, 1.82) is 0 Å². The molecule has 114 valence electrons. The quantitative estimate of drug-likeness (QED) is 0.863. The van der Waals surface area contributed by atoms with Gasteiger partial charge < -0.3 is 14.6 Å². The summed E-state index contributed by atoms with van der Waals surface area (Å²) in [5.74, 6) is 1.47. The van der Waals surface area contributed by atoms with Crippen LogP contribution in [0.15, 0.2) is 18.2 Å². The average Bonchev–Trinajstić information content (AvgIpc) is 2.71. The number of fused-ring (bicyclic) bond motifs is 3. The summed E-state index contributed by atoms with van der Waals surface area (Å²) in [6, 6.07) is 5.73. The van der Waals surface area contributed by atoms with Crippen molar-refractivity contribution in [2.45, 2.75) is 48.2 Å². The molecule has 0 radical (unpaired) electrons. The van der Waals surface area contributed by atoms with Gasteiger partial charge in [-0.15, -0.1) is 0 Å². The van der Waals surface area contributed by atoms with E-state index in [1.807, 2.05) is 18.2 Å². The minimum Gasteiger partial charge on any atom is -0.490 e. The molecule has 0 aromatic heterocycles. The van der Waals surface area contributed by atoms with Gasteiger partial charge in [0, 0.05) is 27.7 Å². The van der Waals surface area contributed by atoms with Crippen LogP contribution in [-0.4, -0.2) is 33.0 Å². The number of hydrogen-bond donors (Lipinski definition) is 1. The molecular formula is C16H20O4S. The Kier molecular flexibility index (Phi) is 3.23. The lowest BCUT2D eigenvalue weighted by atomic mass is 9.85. The zero-order valence-electron chi connectivity index (χ0n) is 11.9. The molecule has 0 saturated carbocycles. The SMILES string of the molecule is O=S1C2CCC1CC(O)(c1ccc3c(c1)OCCCO3)C2. The molecule has 4 rings (SSSR count). The molecular weight excluding hydrogens is 288 g/mol. The average molecular weight is 308 g/mol. The highest BCUT2D eigenvalue weighted by Gasteiger charge is 2.48. The Morgan fingerprint density at radius 3 is 2.48 bits per heavy atom. The van der Waals surface area contributed by atoms with E-state index in [2.05, 4.69) is 0 Å². The van der Waals surface area contributed by atoms with Crippen LogP contribution in [-0.2, 0) is 16.4 Å². The van der Waals surface area contributed by atoms with Crippen LogP contribution in [0.2, 0.25) is 0 Å². The van der Waals surface area contributed by atoms with Crippen LogP contribution < -0.4 is 9.47 Å². The number of benzene rings is 1. The van der Waals surface area contributed by atoms with Crippen LogP contribution in [0.25, 0.3) is 0 Å². The fraction of sp³-hybridized carbons (Fsp3) is 0.625. The molecule has 2 fully saturated rings.